The Balaban J connectivity index is 1.47. The van der Waals surface area contributed by atoms with E-state index in [0.717, 1.165) is 58.8 Å². The van der Waals surface area contributed by atoms with Gasteiger partial charge in [-0.05, 0) is 65.3 Å². The first-order chi connectivity index (χ1) is 18.9. The number of ether oxygens (including phenoxy) is 1. The SMILES string of the molecule is COC(=O)c1ccc2c(N(Cc3ccc(-c4ccc(N(C)C)cc4)cc3)C(=O)C3CCCCC3)cccc2c1. The van der Waals surface area contributed by atoms with Crippen LogP contribution in [0.3, 0.4) is 0 Å². The summed E-state index contributed by atoms with van der Waals surface area (Å²) in [7, 11) is 5.47. The molecule has 1 aliphatic carbocycles. The average Bonchev–Trinajstić information content (AvgIpc) is 2.99. The molecule has 1 aliphatic rings. The summed E-state index contributed by atoms with van der Waals surface area (Å²) in [6, 6.07) is 28.5. The number of carbonyl (C=O) groups excluding carboxylic acids is 2. The van der Waals surface area contributed by atoms with Gasteiger partial charge in [-0.1, -0.05) is 73.9 Å². The lowest BCUT2D eigenvalue weighted by Crippen LogP contribution is -2.36. The number of amides is 1. The fourth-order valence-corrected chi connectivity index (χ4v) is 5.54. The standard InChI is InChI=1S/C34H36N2O3/c1-35(2)30-19-16-26(17-20-30)25-14-12-24(13-15-25)23-36(33(37)27-8-5-4-6-9-27)32-11-7-10-28-22-29(34(38)39-3)18-21-31(28)32/h7,10-22,27H,4-6,8-9,23H2,1-3H3. The van der Waals surface area contributed by atoms with Crippen molar-refractivity contribution < 1.29 is 14.3 Å². The van der Waals surface area contributed by atoms with Crippen LogP contribution in [-0.2, 0) is 16.1 Å². The van der Waals surface area contributed by atoms with E-state index in [1.165, 1.54) is 19.2 Å². The van der Waals surface area contributed by atoms with E-state index >= 15 is 0 Å². The lowest BCUT2D eigenvalue weighted by atomic mass is 9.88. The van der Waals surface area contributed by atoms with E-state index in [9.17, 15) is 9.59 Å². The minimum Gasteiger partial charge on any atom is -0.465 e. The summed E-state index contributed by atoms with van der Waals surface area (Å²) < 4.78 is 4.91. The summed E-state index contributed by atoms with van der Waals surface area (Å²) in [5.41, 5.74) is 5.94. The number of benzene rings is 4. The van der Waals surface area contributed by atoms with Gasteiger partial charge in [0.1, 0.15) is 0 Å². The predicted octanol–water partition coefficient (Wildman–Crippen LogP) is 7.47. The molecule has 0 unspecified atom stereocenters. The number of esters is 1. The van der Waals surface area contributed by atoms with Crippen LogP contribution in [0.5, 0.6) is 0 Å². The Kier molecular flexibility index (Phi) is 7.97. The molecule has 1 amide bonds. The first kappa shape index (κ1) is 26.5. The van der Waals surface area contributed by atoms with E-state index in [4.69, 9.17) is 4.74 Å². The Hall–Kier alpha value is -4.12. The fraction of sp³-hybridized carbons (Fsp3) is 0.294. The van der Waals surface area contributed by atoms with Crippen LogP contribution >= 0.6 is 0 Å². The smallest absolute Gasteiger partial charge is 0.337 e. The minimum absolute atomic E-state index is 0.0397. The van der Waals surface area contributed by atoms with E-state index in [1.54, 1.807) is 6.07 Å². The number of nitrogens with zero attached hydrogens (tertiary/aromatic N) is 2. The summed E-state index contributed by atoms with van der Waals surface area (Å²) in [6.45, 7) is 0.493. The Morgan fingerprint density at radius 3 is 2.13 bits per heavy atom. The van der Waals surface area contributed by atoms with E-state index in [2.05, 4.69) is 53.4 Å². The lowest BCUT2D eigenvalue weighted by Gasteiger charge is -2.30. The van der Waals surface area contributed by atoms with Gasteiger partial charge in [0.2, 0.25) is 5.91 Å². The second-order valence-corrected chi connectivity index (χ2v) is 10.6. The van der Waals surface area contributed by atoms with Crippen LogP contribution in [0.25, 0.3) is 21.9 Å². The van der Waals surface area contributed by atoms with Gasteiger partial charge in [0.15, 0.2) is 0 Å². The normalized spacial score (nSPS) is 13.7. The molecule has 0 aliphatic heterocycles. The van der Waals surface area contributed by atoms with Crippen molar-refractivity contribution >= 4 is 34.0 Å². The molecular weight excluding hydrogens is 484 g/mol. The van der Waals surface area contributed by atoms with Crippen LogP contribution in [0, 0.1) is 5.92 Å². The highest BCUT2D eigenvalue weighted by molar-refractivity contribution is 6.06. The van der Waals surface area contributed by atoms with Crippen molar-refractivity contribution in [3.63, 3.8) is 0 Å². The summed E-state index contributed by atoms with van der Waals surface area (Å²) in [5, 5.41) is 1.86. The summed E-state index contributed by atoms with van der Waals surface area (Å²) in [4.78, 5) is 30.2. The summed E-state index contributed by atoms with van der Waals surface area (Å²) in [6.07, 6.45) is 5.28. The van der Waals surface area contributed by atoms with E-state index < -0.39 is 0 Å². The molecule has 1 saturated carbocycles. The van der Waals surface area contributed by atoms with Gasteiger partial charge in [-0.3, -0.25) is 4.79 Å². The van der Waals surface area contributed by atoms with Crippen LogP contribution in [0.1, 0.15) is 48.0 Å². The molecule has 0 bridgehead atoms. The van der Waals surface area contributed by atoms with E-state index in [1.807, 2.05) is 49.3 Å². The van der Waals surface area contributed by atoms with E-state index in [0.29, 0.717) is 12.1 Å². The molecule has 200 valence electrons. The Bertz CT molecular complexity index is 1450. The highest BCUT2D eigenvalue weighted by Gasteiger charge is 2.28. The van der Waals surface area contributed by atoms with Gasteiger partial charge in [0.25, 0.3) is 0 Å². The first-order valence-corrected chi connectivity index (χ1v) is 13.7. The number of fused-ring (bicyclic) bond motifs is 1. The van der Waals surface area contributed by atoms with Crippen molar-refractivity contribution in [2.45, 2.75) is 38.6 Å². The second-order valence-electron chi connectivity index (χ2n) is 10.6. The van der Waals surface area contributed by atoms with Crippen molar-refractivity contribution in [3.8, 4) is 11.1 Å². The van der Waals surface area contributed by atoms with E-state index in [-0.39, 0.29) is 17.8 Å². The highest BCUT2D eigenvalue weighted by Crippen LogP contribution is 2.34. The quantitative estimate of drug-likeness (QED) is 0.237. The number of methoxy groups -OCH3 is 1. The topological polar surface area (TPSA) is 49.9 Å². The molecule has 0 N–H and O–H groups in total. The second kappa shape index (κ2) is 11.7. The van der Waals surface area contributed by atoms with Crippen LogP contribution in [0.4, 0.5) is 11.4 Å². The van der Waals surface area contributed by atoms with Crippen LogP contribution in [0.15, 0.2) is 84.9 Å². The summed E-state index contributed by atoms with van der Waals surface area (Å²) >= 11 is 0. The van der Waals surface area contributed by atoms with Gasteiger partial charge in [0.05, 0.1) is 24.9 Å². The molecule has 5 rings (SSSR count). The molecule has 0 heterocycles. The van der Waals surface area contributed by atoms with Crippen molar-refractivity contribution in [2.24, 2.45) is 5.92 Å². The molecule has 4 aromatic rings. The predicted molar refractivity (Wildman–Crippen MR) is 159 cm³/mol. The zero-order valence-electron chi connectivity index (χ0n) is 23.0. The zero-order chi connectivity index (χ0) is 27.4. The monoisotopic (exact) mass is 520 g/mol. The molecule has 0 saturated heterocycles. The van der Waals surface area contributed by atoms with Crippen LogP contribution in [-0.4, -0.2) is 33.1 Å². The molecule has 5 heteroatoms. The number of anilines is 2. The Morgan fingerprint density at radius 2 is 1.49 bits per heavy atom. The molecular formula is C34H36N2O3. The van der Waals surface area contributed by atoms with Crippen LogP contribution in [0.2, 0.25) is 0 Å². The number of hydrogen-bond acceptors (Lipinski definition) is 4. The van der Waals surface area contributed by atoms with Gasteiger partial charge in [-0.15, -0.1) is 0 Å². The van der Waals surface area contributed by atoms with Crippen molar-refractivity contribution in [1.29, 1.82) is 0 Å². The largest absolute Gasteiger partial charge is 0.465 e. The number of hydrogen-bond donors (Lipinski definition) is 0. The van der Waals surface area contributed by atoms with Crippen molar-refractivity contribution in [3.05, 3.63) is 96.1 Å². The maximum Gasteiger partial charge on any atom is 0.337 e. The molecule has 0 aromatic heterocycles. The molecule has 39 heavy (non-hydrogen) atoms. The van der Waals surface area contributed by atoms with Crippen molar-refractivity contribution in [1.82, 2.24) is 0 Å². The van der Waals surface area contributed by atoms with Gasteiger partial charge in [-0.2, -0.15) is 0 Å². The minimum atomic E-state index is -0.367. The van der Waals surface area contributed by atoms with Gasteiger partial charge >= 0.3 is 5.97 Å². The van der Waals surface area contributed by atoms with Gasteiger partial charge in [-0.25, -0.2) is 4.79 Å². The average molecular weight is 521 g/mol. The number of rotatable bonds is 7. The highest BCUT2D eigenvalue weighted by atomic mass is 16.5. The maximum atomic E-state index is 14.0. The van der Waals surface area contributed by atoms with Gasteiger partial charge in [0, 0.05) is 31.1 Å². The molecule has 0 radical (unpaired) electrons. The molecule has 5 nitrogen and oxygen atoms in total. The maximum absolute atomic E-state index is 14.0. The molecule has 0 spiro atoms. The molecule has 1 fully saturated rings. The third kappa shape index (κ3) is 5.83. The van der Waals surface area contributed by atoms with Crippen molar-refractivity contribution in [2.75, 3.05) is 31.0 Å². The molecule has 4 aromatic carbocycles. The third-order valence-electron chi connectivity index (χ3n) is 7.80. The third-order valence-corrected chi connectivity index (χ3v) is 7.80. The van der Waals surface area contributed by atoms with Crippen LogP contribution < -0.4 is 9.80 Å². The molecule has 0 atom stereocenters. The number of carbonyl (C=O) groups is 2. The zero-order valence-corrected chi connectivity index (χ0v) is 23.0. The van der Waals surface area contributed by atoms with Gasteiger partial charge < -0.3 is 14.5 Å². The fourth-order valence-electron chi connectivity index (χ4n) is 5.54. The Labute approximate surface area is 231 Å². The Morgan fingerprint density at radius 1 is 0.821 bits per heavy atom. The first-order valence-electron chi connectivity index (χ1n) is 13.7. The summed E-state index contributed by atoms with van der Waals surface area (Å²) in [5.74, 6) is -0.144. The lowest BCUT2D eigenvalue weighted by molar-refractivity contribution is -0.123.